The number of carbonyl (C=O) groups is 2. The molecule has 1 atom stereocenters. The van der Waals surface area contributed by atoms with Crippen LogP contribution in [0.25, 0.3) is 0 Å². The molecule has 4 rings (SSSR count). The highest BCUT2D eigenvalue weighted by Crippen LogP contribution is 2.28. The molecule has 1 unspecified atom stereocenters. The van der Waals surface area contributed by atoms with Gasteiger partial charge in [-0.25, -0.2) is 0 Å². The summed E-state index contributed by atoms with van der Waals surface area (Å²) < 4.78 is 5.94. The second-order valence-electron chi connectivity index (χ2n) is 7.21. The van der Waals surface area contributed by atoms with Crippen LogP contribution in [0.5, 0.6) is 5.75 Å². The monoisotopic (exact) mass is 399 g/mol. The first-order valence-electron chi connectivity index (χ1n) is 9.51. The summed E-state index contributed by atoms with van der Waals surface area (Å²) in [4.78, 5) is 32.9. The largest absolute Gasteiger partial charge is 0.489 e. The van der Waals surface area contributed by atoms with E-state index in [0.29, 0.717) is 24.7 Å². The highest BCUT2D eigenvalue weighted by Gasteiger charge is 2.38. The summed E-state index contributed by atoms with van der Waals surface area (Å²) in [6.45, 7) is 1.72. The highest BCUT2D eigenvalue weighted by atomic mass is 35.5. The van der Waals surface area contributed by atoms with E-state index in [1.807, 2.05) is 29.2 Å². The van der Waals surface area contributed by atoms with E-state index in [0.717, 1.165) is 24.3 Å². The number of benzene rings is 1. The quantitative estimate of drug-likeness (QED) is 0.792. The Hall–Kier alpha value is -2.60. The van der Waals surface area contributed by atoms with Crippen molar-refractivity contribution >= 4 is 29.1 Å². The maximum absolute atomic E-state index is 12.9. The molecule has 0 radical (unpaired) electrons. The number of piperidine rings is 1. The van der Waals surface area contributed by atoms with Gasteiger partial charge in [-0.15, -0.1) is 0 Å². The van der Waals surface area contributed by atoms with Gasteiger partial charge in [0.15, 0.2) is 0 Å². The van der Waals surface area contributed by atoms with Crippen molar-refractivity contribution in [3.63, 3.8) is 0 Å². The van der Waals surface area contributed by atoms with Crippen molar-refractivity contribution in [1.29, 1.82) is 0 Å². The average Bonchev–Trinajstić information content (AvgIpc) is 3.11. The number of anilines is 1. The third-order valence-corrected chi connectivity index (χ3v) is 5.56. The van der Waals surface area contributed by atoms with Crippen LogP contribution in [0.1, 0.15) is 19.3 Å². The van der Waals surface area contributed by atoms with Gasteiger partial charge in [0.2, 0.25) is 11.8 Å². The molecule has 2 saturated heterocycles. The minimum Gasteiger partial charge on any atom is -0.489 e. The number of ether oxygens (including phenoxy) is 1. The SMILES string of the molecule is O=C(C1CC(=O)N(c2ccc(Cl)cc2)C1)N1CCC(Oc2cccnc2)CC1. The molecule has 0 aliphatic carbocycles. The van der Waals surface area contributed by atoms with Gasteiger partial charge in [-0.05, 0) is 36.4 Å². The van der Waals surface area contributed by atoms with Crippen molar-refractivity contribution < 1.29 is 14.3 Å². The summed E-state index contributed by atoms with van der Waals surface area (Å²) in [5.41, 5.74) is 0.785. The second-order valence-corrected chi connectivity index (χ2v) is 7.65. The fourth-order valence-corrected chi connectivity index (χ4v) is 3.93. The molecular weight excluding hydrogens is 378 g/mol. The van der Waals surface area contributed by atoms with Crippen molar-refractivity contribution in [2.45, 2.75) is 25.4 Å². The second kappa shape index (κ2) is 8.19. The molecular formula is C21H22ClN3O3. The summed E-state index contributed by atoms with van der Waals surface area (Å²) in [7, 11) is 0. The lowest BCUT2D eigenvalue weighted by Gasteiger charge is -2.33. The number of likely N-dealkylation sites (tertiary alicyclic amines) is 1. The van der Waals surface area contributed by atoms with E-state index in [2.05, 4.69) is 4.98 Å². The molecule has 2 aliphatic rings. The van der Waals surface area contributed by atoms with Gasteiger partial charge in [0.1, 0.15) is 11.9 Å². The Morgan fingerprint density at radius 2 is 1.89 bits per heavy atom. The van der Waals surface area contributed by atoms with Crippen molar-refractivity contribution in [1.82, 2.24) is 9.88 Å². The third-order valence-electron chi connectivity index (χ3n) is 5.30. The summed E-state index contributed by atoms with van der Waals surface area (Å²) in [6, 6.07) is 10.9. The van der Waals surface area contributed by atoms with Gasteiger partial charge in [0, 0.05) is 55.8 Å². The van der Waals surface area contributed by atoms with Crippen LogP contribution in [0.2, 0.25) is 5.02 Å². The first-order valence-corrected chi connectivity index (χ1v) is 9.89. The molecule has 2 aliphatic heterocycles. The molecule has 1 aromatic heterocycles. The molecule has 1 aromatic carbocycles. The van der Waals surface area contributed by atoms with Gasteiger partial charge in [0.05, 0.1) is 12.1 Å². The summed E-state index contributed by atoms with van der Waals surface area (Å²) in [5.74, 6) is 0.506. The van der Waals surface area contributed by atoms with E-state index in [9.17, 15) is 9.59 Å². The first kappa shape index (κ1) is 18.7. The van der Waals surface area contributed by atoms with Gasteiger partial charge in [-0.2, -0.15) is 0 Å². The molecule has 3 heterocycles. The van der Waals surface area contributed by atoms with Gasteiger partial charge in [-0.3, -0.25) is 14.6 Å². The van der Waals surface area contributed by atoms with Crippen molar-refractivity contribution in [3.05, 3.63) is 53.8 Å². The van der Waals surface area contributed by atoms with Crippen molar-refractivity contribution in [2.75, 3.05) is 24.5 Å². The van der Waals surface area contributed by atoms with Gasteiger partial charge < -0.3 is 14.5 Å². The smallest absolute Gasteiger partial charge is 0.228 e. The Kier molecular flexibility index (Phi) is 5.48. The molecule has 28 heavy (non-hydrogen) atoms. The van der Waals surface area contributed by atoms with E-state index in [-0.39, 0.29) is 30.3 Å². The van der Waals surface area contributed by atoms with Crippen LogP contribution in [-0.4, -0.2) is 47.4 Å². The predicted octanol–water partition coefficient (Wildman–Crippen LogP) is 3.16. The lowest BCUT2D eigenvalue weighted by atomic mass is 10.0. The molecule has 0 bridgehead atoms. The minimum absolute atomic E-state index is 0.0181. The van der Waals surface area contributed by atoms with Gasteiger partial charge in [0.25, 0.3) is 0 Å². The third kappa shape index (κ3) is 4.12. The molecule has 0 spiro atoms. The summed E-state index contributed by atoms with van der Waals surface area (Å²) in [5, 5.41) is 0.624. The first-order chi connectivity index (χ1) is 13.6. The zero-order valence-corrected chi connectivity index (χ0v) is 16.2. The number of amides is 2. The fourth-order valence-electron chi connectivity index (χ4n) is 3.81. The van der Waals surface area contributed by atoms with E-state index in [1.54, 1.807) is 29.4 Å². The van der Waals surface area contributed by atoms with Crippen LogP contribution < -0.4 is 9.64 Å². The van der Waals surface area contributed by atoms with Crippen LogP contribution in [0.3, 0.4) is 0 Å². The normalized spacial score (nSPS) is 20.5. The Labute approximate surface area is 169 Å². The molecule has 0 saturated carbocycles. The summed E-state index contributed by atoms with van der Waals surface area (Å²) >= 11 is 5.92. The van der Waals surface area contributed by atoms with Crippen LogP contribution in [-0.2, 0) is 9.59 Å². The molecule has 2 aromatic rings. The van der Waals surface area contributed by atoms with E-state index in [4.69, 9.17) is 16.3 Å². The topological polar surface area (TPSA) is 62.7 Å². The van der Waals surface area contributed by atoms with Crippen molar-refractivity contribution in [2.24, 2.45) is 5.92 Å². The number of nitrogens with zero attached hydrogens (tertiary/aromatic N) is 3. The van der Waals surface area contributed by atoms with Crippen LogP contribution in [0.4, 0.5) is 5.69 Å². The Balaban J connectivity index is 1.32. The van der Waals surface area contributed by atoms with Gasteiger partial charge >= 0.3 is 0 Å². The number of carbonyl (C=O) groups excluding carboxylic acids is 2. The molecule has 0 N–H and O–H groups in total. The molecule has 146 valence electrons. The average molecular weight is 400 g/mol. The number of halogens is 1. The maximum Gasteiger partial charge on any atom is 0.228 e. The maximum atomic E-state index is 12.9. The molecule has 6 nitrogen and oxygen atoms in total. The number of pyridine rings is 1. The lowest BCUT2D eigenvalue weighted by Crippen LogP contribution is -2.44. The van der Waals surface area contributed by atoms with Crippen LogP contribution >= 0.6 is 11.6 Å². The number of hydrogen-bond donors (Lipinski definition) is 0. The fraction of sp³-hybridized carbons (Fsp3) is 0.381. The number of rotatable bonds is 4. The Bertz CT molecular complexity index is 836. The van der Waals surface area contributed by atoms with Crippen LogP contribution in [0.15, 0.2) is 48.8 Å². The van der Waals surface area contributed by atoms with Crippen molar-refractivity contribution in [3.8, 4) is 5.75 Å². The van der Waals surface area contributed by atoms with Gasteiger partial charge in [-0.1, -0.05) is 11.6 Å². The lowest BCUT2D eigenvalue weighted by molar-refractivity contribution is -0.137. The van der Waals surface area contributed by atoms with E-state index in [1.165, 1.54) is 0 Å². The zero-order chi connectivity index (χ0) is 19.5. The molecule has 2 fully saturated rings. The number of aromatic nitrogens is 1. The number of hydrogen-bond acceptors (Lipinski definition) is 4. The zero-order valence-electron chi connectivity index (χ0n) is 15.5. The minimum atomic E-state index is -0.293. The van der Waals surface area contributed by atoms with Crippen LogP contribution in [0, 0.1) is 5.92 Å². The molecule has 2 amide bonds. The van der Waals surface area contributed by atoms with E-state index >= 15 is 0 Å². The molecule has 7 heteroatoms. The highest BCUT2D eigenvalue weighted by molar-refractivity contribution is 6.30. The predicted molar refractivity (Wildman–Crippen MR) is 106 cm³/mol. The Morgan fingerprint density at radius 3 is 2.57 bits per heavy atom. The standard InChI is InChI=1S/C21H22ClN3O3/c22-16-3-5-17(6-4-16)25-14-15(12-20(25)26)21(27)24-10-7-18(8-11-24)28-19-2-1-9-23-13-19/h1-6,9,13,15,18H,7-8,10-12,14H2. The Morgan fingerprint density at radius 1 is 1.14 bits per heavy atom. The summed E-state index contributed by atoms with van der Waals surface area (Å²) in [6.07, 6.45) is 5.32. The van der Waals surface area contributed by atoms with E-state index < -0.39 is 0 Å².